The molecule has 1 N–H and O–H groups in total. The van der Waals surface area contributed by atoms with Gasteiger partial charge in [-0.05, 0) is 40.0 Å². The maximum absolute atomic E-state index is 12.1. The lowest BCUT2D eigenvalue weighted by molar-refractivity contribution is 0.581. The van der Waals surface area contributed by atoms with Crippen molar-refractivity contribution in [3.8, 4) is 0 Å². The standard InChI is InChI=1S/C12H14BrN3O2S/c1-16-9-10(8-14-16)6-7-15-19(17,18)12-5-3-2-4-11(12)13/h2-5,8-9,15H,6-7H2,1H3. The number of halogens is 1. The lowest BCUT2D eigenvalue weighted by Crippen LogP contribution is -2.26. The zero-order valence-electron chi connectivity index (χ0n) is 10.4. The number of nitrogens with one attached hydrogen (secondary N) is 1. The molecule has 1 heterocycles. The lowest BCUT2D eigenvalue weighted by atomic mass is 10.3. The largest absolute Gasteiger partial charge is 0.276 e. The second-order valence-electron chi connectivity index (χ2n) is 4.10. The molecular weight excluding hydrogens is 330 g/mol. The molecule has 1 aromatic heterocycles. The SMILES string of the molecule is Cn1cc(CCNS(=O)(=O)c2ccccc2Br)cn1. The molecule has 0 aliphatic carbocycles. The Labute approximate surface area is 120 Å². The molecule has 0 saturated heterocycles. The van der Waals surface area contributed by atoms with Gasteiger partial charge in [0.1, 0.15) is 0 Å². The van der Waals surface area contributed by atoms with Crippen LogP contribution in [-0.2, 0) is 23.5 Å². The Balaban J connectivity index is 2.01. The zero-order valence-corrected chi connectivity index (χ0v) is 12.8. The number of rotatable bonds is 5. The third kappa shape index (κ3) is 3.65. The number of sulfonamides is 1. The molecule has 7 heteroatoms. The molecule has 2 aromatic rings. The molecule has 5 nitrogen and oxygen atoms in total. The van der Waals surface area contributed by atoms with Crippen LogP contribution < -0.4 is 4.72 Å². The van der Waals surface area contributed by atoms with E-state index in [1.54, 1.807) is 35.1 Å². The van der Waals surface area contributed by atoms with Crippen molar-refractivity contribution in [2.24, 2.45) is 7.05 Å². The van der Waals surface area contributed by atoms with Gasteiger partial charge in [-0.3, -0.25) is 4.68 Å². The average molecular weight is 344 g/mol. The van der Waals surface area contributed by atoms with Gasteiger partial charge in [-0.2, -0.15) is 5.10 Å². The topological polar surface area (TPSA) is 64.0 Å². The fourth-order valence-electron chi connectivity index (χ4n) is 1.67. The summed E-state index contributed by atoms with van der Waals surface area (Å²) in [5.74, 6) is 0. The molecule has 0 atom stereocenters. The molecule has 1 aromatic carbocycles. The maximum atomic E-state index is 12.1. The predicted octanol–water partition coefficient (Wildman–Crippen LogP) is 1.70. The lowest BCUT2D eigenvalue weighted by Gasteiger charge is -2.07. The van der Waals surface area contributed by atoms with Gasteiger partial charge in [0.2, 0.25) is 10.0 Å². The Hall–Kier alpha value is -1.18. The molecule has 0 unspecified atom stereocenters. The van der Waals surface area contributed by atoms with E-state index in [1.807, 2.05) is 13.2 Å². The maximum Gasteiger partial charge on any atom is 0.241 e. The zero-order chi connectivity index (χ0) is 13.9. The highest BCUT2D eigenvalue weighted by atomic mass is 79.9. The molecule has 0 bridgehead atoms. The summed E-state index contributed by atoms with van der Waals surface area (Å²) in [6.07, 6.45) is 4.21. The van der Waals surface area contributed by atoms with Crippen LogP contribution in [0.4, 0.5) is 0 Å². The fraction of sp³-hybridized carbons (Fsp3) is 0.250. The van der Waals surface area contributed by atoms with Crippen LogP contribution in [0.25, 0.3) is 0 Å². The van der Waals surface area contributed by atoms with E-state index < -0.39 is 10.0 Å². The van der Waals surface area contributed by atoms with E-state index in [4.69, 9.17) is 0 Å². The summed E-state index contributed by atoms with van der Waals surface area (Å²) in [5.41, 5.74) is 0.998. The number of nitrogens with zero attached hydrogens (tertiary/aromatic N) is 2. The van der Waals surface area contributed by atoms with Crippen LogP contribution in [-0.4, -0.2) is 24.7 Å². The van der Waals surface area contributed by atoms with Gasteiger partial charge in [-0.1, -0.05) is 12.1 Å². The minimum Gasteiger partial charge on any atom is -0.276 e. The van der Waals surface area contributed by atoms with E-state index in [1.165, 1.54) is 0 Å². The summed E-state index contributed by atoms with van der Waals surface area (Å²) in [6.45, 7) is 0.343. The second kappa shape index (κ2) is 5.85. The van der Waals surface area contributed by atoms with Crippen LogP contribution in [0.15, 0.2) is 46.0 Å². The fourth-order valence-corrected chi connectivity index (χ4v) is 3.70. The summed E-state index contributed by atoms with van der Waals surface area (Å²) >= 11 is 3.24. The molecular formula is C12H14BrN3O2S. The van der Waals surface area contributed by atoms with Crippen molar-refractivity contribution in [1.29, 1.82) is 0 Å². The van der Waals surface area contributed by atoms with Crippen molar-refractivity contribution in [2.75, 3.05) is 6.54 Å². The molecule has 0 spiro atoms. The van der Waals surface area contributed by atoms with Crippen molar-refractivity contribution < 1.29 is 8.42 Å². The highest BCUT2D eigenvalue weighted by molar-refractivity contribution is 9.10. The Kier molecular flexibility index (Phi) is 4.38. The van der Waals surface area contributed by atoms with Crippen LogP contribution >= 0.6 is 15.9 Å². The monoisotopic (exact) mass is 343 g/mol. The van der Waals surface area contributed by atoms with Gasteiger partial charge in [-0.25, -0.2) is 13.1 Å². The van der Waals surface area contributed by atoms with Crippen molar-refractivity contribution >= 4 is 26.0 Å². The van der Waals surface area contributed by atoms with Crippen LogP contribution in [0.5, 0.6) is 0 Å². The van der Waals surface area contributed by atoms with Crippen LogP contribution in [0.1, 0.15) is 5.56 Å². The van der Waals surface area contributed by atoms with Crippen LogP contribution in [0, 0.1) is 0 Å². The molecule has 102 valence electrons. The van der Waals surface area contributed by atoms with Gasteiger partial charge in [-0.15, -0.1) is 0 Å². The van der Waals surface area contributed by atoms with Gasteiger partial charge < -0.3 is 0 Å². The molecule has 0 aliphatic heterocycles. The normalized spacial score (nSPS) is 11.7. The smallest absolute Gasteiger partial charge is 0.241 e. The molecule has 0 radical (unpaired) electrons. The van der Waals surface area contributed by atoms with Crippen molar-refractivity contribution in [1.82, 2.24) is 14.5 Å². The van der Waals surface area contributed by atoms with Gasteiger partial charge in [0.05, 0.1) is 11.1 Å². The summed E-state index contributed by atoms with van der Waals surface area (Å²) in [5, 5.41) is 4.04. The Bertz CT molecular complexity index is 667. The molecule has 0 amide bonds. The van der Waals surface area contributed by atoms with Crippen molar-refractivity contribution in [3.05, 3.63) is 46.7 Å². The first-order chi connectivity index (χ1) is 8.99. The van der Waals surface area contributed by atoms with Crippen molar-refractivity contribution in [2.45, 2.75) is 11.3 Å². The average Bonchev–Trinajstić information content (AvgIpc) is 2.75. The summed E-state index contributed by atoms with van der Waals surface area (Å²) in [6, 6.07) is 6.74. The Morgan fingerprint density at radius 2 is 2.11 bits per heavy atom. The van der Waals surface area contributed by atoms with Gasteiger partial charge in [0, 0.05) is 24.3 Å². The van der Waals surface area contributed by atoms with Crippen LogP contribution in [0.2, 0.25) is 0 Å². The van der Waals surface area contributed by atoms with Crippen molar-refractivity contribution in [3.63, 3.8) is 0 Å². The number of hydrogen-bond donors (Lipinski definition) is 1. The highest BCUT2D eigenvalue weighted by Crippen LogP contribution is 2.20. The number of aryl methyl sites for hydroxylation is 1. The number of hydrogen-bond acceptors (Lipinski definition) is 3. The first-order valence-electron chi connectivity index (χ1n) is 5.71. The summed E-state index contributed by atoms with van der Waals surface area (Å²) < 4.78 is 29.0. The summed E-state index contributed by atoms with van der Waals surface area (Å²) in [4.78, 5) is 0.251. The van der Waals surface area contributed by atoms with Crippen LogP contribution in [0.3, 0.4) is 0 Å². The first kappa shape index (κ1) is 14.2. The minimum atomic E-state index is -3.48. The Morgan fingerprint density at radius 1 is 1.37 bits per heavy atom. The summed E-state index contributed by atoms with van der Waals surface area (Å²) in [7, 11) is -1.65. The minimum absolute atomic E-state index is 0.251. The van der Waals surface area contributed by atoms with Gasteiger partial charge in [0.15, 0.2) is 0 Å². The Morgan fingerprint density at radius 3 is 2.74 bits per heavy atom. The third-order valence-electron chi connectivity index (χ3n) is 2.59. The highest BCUT2D eigenvalue weighted by Gasteiger charge is 2.16. The van der Waals surface area contributed by atoms with E-state index in [0.717, 1.165) is 5.56 Å². The van der Waals surface area contributed by atoms with E-state index in [2.05, 4.69) is 25.8 Å². The van der Waals surface area contributed by atoms with E-state index in [9.17, 15) is 8.42 Å². The first-order valence-corrected chi connectivity index (χ1v) is 7.98. The molecule has 19 heavy (non-hydrogen) atoms. The second-order valence-corrected chi connectivity index (χ2v) is 6.69. The molecule has 0 saturated carbocycles. The third-order valence-corrected chi connectivity index (χ3v) is 5.06. The predicted molar refractivity (Wildman–Crippen MR) is 76.2 cm³/mol. The number of benzene rings is 1. The molecule has 0 fully saturated rings. The van der Waals surface area contributed by atoms with E-state index in [-0.39, 0.29) is 4.90 Å². The molecule has 0 aliphatic rings. The van der Waals surface area contributed by atoms with Gasteiger partial charge >= 0.3 is 0 Å². The van der Waals surface area contributed by atoms with E-state index in [0.29, 0.717) is 17.4 Å². The number of aromatic nitrogens is 2. The van der Waals surface area contributed by atoms with E-state index >= 15 is 0 Å². The molecule has 2 rings (SSSR count). The quantitative estimate of drug-likeness (QED) is 0.898. The van der Waals surface area contributed by atoms with Gasteiger partial charge in [0.25, 0.3) is 0 Å².